The lowest BCUT2D eigenvalue weighted by molar-refractivity contribution is -0.134. The Labute approximate surface area is 165 Å². The first kappa shape index (κ1) is 18.2. The molecule has 1 aliphatic rings. The fourth-order valence-corrected chi connectivity index (χ4v) is 3.70. The molecule has 0 saturated carbocycles. The lowest BCUT2D eigenvalue weighted by atomic mass is 10.1. The molecule has 2 aromatic carbocycles. The van der Waals surface area contributed by atoms with Gasteiger partial charge in [0.05, 0.1) is 11.7 Å². The molecule has 2 heterocycles. The minimum Gasteiger partial charge on any atom is -0.484 e. The van der Waals surface area contributed by atoms with Gasteiger partial charge in [0.2, 0.25) is 0 Å². The van der Waals surface area contributed by atoms with E-state index in [0.717, 1.165) is 42.9 Å². The second kappa shape index (κ2) is 8.70. The van der Waals surface area contributed by atoms with Crippen LogP contribution in [0.3, 0.4) is 0 Å². The van der Waals surface area contributed by atoms with Crippen molar-refractivity contribution < 1.29 is 9.53 Å². The Hall–Kier alpha value is -3.14. The number of carbonyl (C=O) groups excluding carboxylic acids is 1. The van der Waals surface area contributed by atoms with Crippen LogP contribution in [0.25, 0.3) is 0 Å². The van der Waals surface area contributed by atoms with Crippen molar-refractivity contribution >= 4 is 5.91 Å². The highest BCUT2D eigenvalue weighted by molar-refractivity contribution is 5.78. The average molecular weight is 372 g/mol. The Kier molecular flexibility index (Phi) is 5.66. The molecular formula is C24H24N2O2. The molecule has 0 aliphatic carbocycles. The number of likely N-dealkylation sites (tertiary alicyclic amines) is 1. The van der Waals surface area contributed by atoms with Gasteiger partial charge in [-0.1, -0.05) is 54.6 Å². The van der Waals surface area contributed by atoms with Gasteiger partial charge in [0.1, 0.15) is 5.75 Å². The summed E-state index contributed by atoms with van der Waals surface area (Å²) in [5, 5.41) is 0. The summed E-state index contributed by atoms with van der Waals surface area (Å²) >= 11 is 0. The number of aromatic nitrogens is 1. The van der Waals surface area contributed by atoms with Gasteiger partial charge in [0.25, 0.3) is 5.91 Å². The summed E-state index contributed by atoms with van der Waals surface area (Å²) in [5.41, 5.74) is 3.24. The summed E-state index contributed by atoms with van der Waals surface area (Å²) < 4.78 is 5.66. The number of carbonyl (C=O) groups is 1. The van der Waals surface area contributed by atoms with Crippen LogP contribution in [0.2, 0.25) is 0 Å². The van der Waals surface area contributed by atoms with E-state index in [9.17, 15) is 4.79 Å². The van der Waals surface area contributed by atoms with Gasteiger partial charge < -0.3 is 9.64 Å². The largest absolute Gasteiger partial charge is 0.484 e. The molecule has 4 rings (SSSR count). The fraction of sp³-hybridized carbons (Fsp3) is 0.250. The number of hydrogen-bond donors (Lipinski definition) is 0. The minimum atomic E-state index is 0.0154. The maximum atomic E-state index is 12.8. The van der Waals surface area contributed by atoms with Crippen LogP contribution in [0.1, 0.15) is 35.8 Å². The van der Waals surface area contributed by atoms with E-state index in [2.05, 4.69) is 18.2 Å². The fourth-order valence-electron chi connectivity index (χ4n) is 3.70. The van der Waals surface area contributed by atoms with Crippen molar-refractivity contribution in [1.82, 2.24) is 9.88 Å². The first-order valence-electron chi connectivity index (χ1n) is 9.77. The summed E-state index contributed by atoms with van der Waals surface area (Å²) in [6.45, 7) is 0.816. The van der Waals surface area contributed by atoms with Gasteiger partial charge in [-0.2, -0.15) is 0 Å². The molecule has 3 aromatic rings. The predicted octanol–water partition coefficient (Wildman–Crippen LogP) is 4.41. The monoisotopic (exact) mass is 372 g/mol. The number of para-hydroxylation sites is 1. The molecule has 0 bridgehead atoms. The second-order valence-electron chi connectivity index (χ2n) is 7.06. The van der Waals surface area contributed by atoms with Gasteiger partial charge in [0, 0.05) is 18.7 Å². The SMILES string of the molecule is O=C(COc1ccccc1)N1CCC[C@@H]1c1cccc(Cc2ccccc2)n1. The van der Waals surface area contributed by atoms with Crippen LogP contribution in [-0.4, -0.2) is 28.9 Å². The van der Waals surface area contributed by atoms with Crippen molar-refractivity contribution in [2.45, 2.75) is 25.3 Å². The lowest BCUT2D eigenvalue weighted by Gasteiger charge is -2.24. The number of nitrogens with zero attached hydrogens (tertiary/aromatic N) is 2. The van der Waals surface area contributed by atoms with Crippen LogP contribution in [0, 0.1) is 0 Å². The third-order valence-electron chi connectivity index (χ3n) is 5.08. The van der Waals surface area contributed by atoms with E-state index in [-0.39, 0.29) is 18.6 Å². The molecule has 1 saturated heterocycles. The molecule has 0 N–H and O–H groups in total. The van der Waals surface area contributed by atoms with Gasteiger partial charge in [-0.05, 0) is 42.7 Å². The summed E-state index contributed by atoms with van der Waals surface area (Å²) in [7, 11) is 0. The van der Waals surface area contributed by atoms with E-state index < -0.39 is 0 Å². The maximum absolute atomic E-state index is 12.8. The molecule has 1 aliphatic heterocycles. The molecule has 0 radical (unpaired) electrons. The lowest BCUT2D eigenvalue weighted by Crippen LogP contribution is -2.34. The molecule has 1 aromatic heterocycles. The maximum Gasteiger partial charge on any atom is 0.261 e. The molecule has 1 amide bonds. The van der Waals surface area contributed by atoms with Gasteiger partial charge in [-0.15, -0.1) is 0 Å². The molecule has 0 spiro atoms. The van der Waals surface area contributed by atoms with Crippen LogP contribution >= 0.6 is 0 Å². The molecule has 28 heavy (non-hydrogen) atoms. The molecule has 4 heteroatoms. The van der Waals surface area contributed by atoms with E-state index in [1.807, 2.05) is 65.6 Å². The number of pyridine rings is 1. The van der Waals surface area contributed by atoms with Crippen molar-refractivity contribution in [3.05, 3.63) is 95.8 Å². The predicted molar refractivity (Wildman–Crippen MR) is 109 cm³/mol. The Morgan fingerprint density at radius 2 is 1.71 bits per heavy atom. The van der Waals surface area contributed by atoms with Gasteiger partial charge >= 0.3 is 0 Å². The van der Waals surface area contributed by atoms with E-state index in [4.69, 9.17) is 9.72 Å². The zero-order valence-electron chi connectivity index (χ0n) is 15.8. The van der Waals surface area contributed by atoms with Crippen LogP contribution < -0.4 is 4.74 Å². The standard InChI is InChI=1S/C24H24N2O2/c27-24(18-28-21-12-5-2-6-13-21)26-16-8-15-23(26)22-14-7-11-20(25-22)17-19-9-3-1-4-10-19/h1-7,9-14,23H,8,15-18H2/t23-/m1/s1. The first-order valence-corrected chi connectivity index (χ1v) is 9.77. The average Bonchev–Trinajstić information content (AvgIpc) is 3.24. The van der Waals surface area contributed by atoms with Gasteiger partial charge in [-0.3, -0.25) is 9.78 Å². The Morgan fingerprint density at radius 1 is 0.964 bits per heavy atom. The Morgan fingerprint density at radius 3 is 2.50 bits per heavy atom. The normalized spacial score (nSPS) is 16.1. The zero-order valence-corrected chi connectivity index (χ0v) is 15.8. The molecule has 142 valence electrons. The van der Waals surface area contributed by atoms with Crippen molar-refractivity contribution in [1.29, 1.82) is 0 Å². The van der Waals surface area contributed by atoms with Crippen molar-refractivity contribution in [2.75, 3.05) is 13.2 Å². The summed E-state index contributed by atoms with van der Waals surface area (Å²) in [6.07, 6.45) is 2.73. The molecule has 1 atom stereocenters. The Balaban J connectivity index is 1.44. The number of rotatable bonds is 6. The highest BCUT2D eigenvalue weighted by atomic mass is 16.5. The molecule has 4 nitrogen and oxygen atoms in total. The van der Waals surface area contributed by atoms with E-state index in [0.29, 0.717) is 0 Å². The van der Waals surface area contributed by atoms with Gasteiger partial charge in [0.15, 0.2) is 6.61 Å². The van der Waals surface area contributed by atoms with Crippen LogP contribution in [-0.2, 0) is 11.2 Å². The number of amides is 1. The highest BCUT2D eigenvalue weighted by Crippen LogP contribution is 2.31. The van der Waals surface area contributed by atoms with Crippen molar-refractivity contribution in [3.8, 4) is 5.75 Å². The van der Waals surface area contributed by atoms with Crippen LogP contribution in [0.4, 0.5) is 0 Å². The summed E-state index contributed by atoms with van der Waals surface area (Å²) in [4.78, 5) is 19.5. The molecule has 1 fully saturated rings. The third-order valence-corrected chi connectivity index (χ3v) is 5.08. The quantitative estimate of drug-likeness (QED) is 0.643. The van der Waals surface area contributed by atoms with E-state index in [1.54, 1.807) is 0 Å². The third kappa shape index (κ3) is 4.39. The zero-order chi connectivity index (χ0) is 19.2. The van der Waals surface area contributed by atoms with E-state index in [1.165, 1.54) is 5.56 Å². The number of benzene rings is 2. The second-order valence-corrected chi connectivity index (χ2v) is 7.06. The smallest absolute Gasteiger partial charge is 0.261 e. The van der Waals surface area contributed by atoms with Crippen molar-refractivity contribution in [2.24, 2.45) is 0 Å². The first-order chi connectivity index (χ1) is 13.8. The number of ether oxygens (including phenoxy) is 1. The van der Waals surface area contributed by atoms with Crippen LogP contribution in [0.5, 0.6) is 5.75 Å². The number of hydrogen-bond acceptors (Lipinski definition) is 3. The molecule has 0 unspecified atom stereocenters. The summed E-state index contributed by atoms with van der Waals surface area (Å²) in [6, 6.07) is 26.0. The Bertz CT molecular complexity index is 912. The highest BCUT2D eigenvalue weighted by Gasteiger charge is 2.31. The minimum absolute atomic E-state index is 0.0154. The summed E-state index contributed by atoms with van der Waals surface area (Å²) in [5.74, 6) is 0.733. The van der Waals surface area contributed by atoms with Gasteiger partial charge in [-0.25, -0.2) is 0 Å². The molecular weight excluding hydrogens is 348 g/mol. The van der Waals surface area contributed by atoms with Crippen LogP contribution in [0.15, 0.2) is 78.9 Å². The van der Waals surface area contributed by atoms with Crippen molar-refractivity contribution in [3.63, 3.8) is 0 Å². The topological polar surface area (TPSA) is 42.4 Å². The van der Waals surface area contributed by atoms with E-state index >= 15 is 0 Å².